The second-order valence-electron chi connectivity index (χ2n) is 8.06. The highest BCUT2D eigenvalue weighted by Crippen LogP contribution is 2.40. The predicted molar refractivity (Wildman–Crippen MR) is 103 cm³/mol. The minimum Gasteiger partial charge on any atom is -0.490 e. The fraction of sp³-hybridized carbons (Fsp3) is 0.476. The zero-order valence-electron chi connectivity index (χ0n) is 16.1. The molecule has 28 heavy (non-hydrogen) atoms. The molecule has 1 aromatic carbocycles. The van der Waals surface area contributed by atoms with Gasteiger partial charge in [0.25, 0.3) is 0 Å². The van der Waals surface area contributed by atoms with Gasteiger partial charge in [-0.3, -0.25) is 0 Å². The number of benzene rings is 1. The zero-order valence-corrected chi connectivity index (χ0v) is 16.1. The van der Waals surface area contributed by atoms with Crippen molar-refractivity contribution >= 4 is 12.0 Å². The highest BCUT2D eigenvalue weighted by molar-refractivity contribution is 5.86. The summed E-state index contributed by atoms with van der Waals surface area (Å²) in [6.45, 7) is 5.66. The van der Waals surface area contributed by atoms with Gasteiger partial charge in [0, 0.05) is 19.3 Å². The van der Waals surface area contributed by atoms with E-state index in [4.69, 9.17) is 9.84 Å². The van der Waals surface area contributed by atoms with Gasteiger partial charge in [0.1, 0.15) is 5.75 Å². The zero-order chi connectivity index (χ0) is 19.8. The van der Waals surface area contributed by atoms with E-state index in [-0.39, 0.29) is 17.8 Å². The molecule has 1 saturated carbocycles. The fourth-order valence-corrected chi connectivity index (χ4v) is 4.43. The van der Waals surface area contributed by atoms with Gasteiger partial charge in [-0.2, -0.15) is 9.78 Å². The number of rotatable bonds is 4. The van der Waals surface area contributed by atoms with Crippen molar-refractivity contribution in [1.29, 1.82) is 0 Å². The van der Waals surface area contributed by atoms with Gasteiger partial charge in [0.15, 0.2) is 5.69 Å². The molecule has 2 aliphatic rings. The summed E-state index contributed by atoms with van der Waals surface area (Å²) in [5, 5.41) is 12.8. The average molecular weight is 383 g/mol. The Morgan fingerprint density at radius 3 is 2.43 bits per heavy atom. The number of aromatic carboxylic acids is 1. The first-order valence-electron chi connectivity index (χ1n) is 9.76. The Morgan fingerprint density at radius 1 is 1.14 bits per heavy atom. The first-order chi connectivity index (χ1) is 13.4. The Morgan fingerprint density at radius 2 is 1.82 bits per heavy atom. The Bertz CT molecular complexity index is 877. The maximum atomic E-state index is 12.6. The van der Waals surface area contributed by atoms with Crippen molar-refractivity contribution in [3.8, 4) is 5.75 Å². The van der Waals surface area contributed by atoms with E-state index in [1.807, 2.05) is 18.2 Å². The molecule has 0 spiro atoms. The van der Waals surface area contributed by atoms with Crippen molar-refractivity contribution in [2.75, 3.05) is 13.1 Å². The molecular weight excluding hydrogens is 358 g/mol. The topological polar surface area (TPSA) is 84.7 Å². The molecule has 1 aliphatic carbocycles. The van der Waals surface area contributed by atoms with Crippen LogP contribution < -0.4 is 4.74 Å². The molecule has 148 valence electrons. The van der Waals surface area contributed by atoms with Crippen LogP contribution in [0.1, 0.15) is 48.7 Å². The highest BCUT2D eigenvalue weighted by atomic mass is 16.5. The number of likely N-dealkylation sites (tertiary alicyclic amines) is 1. The van der Waals surface area contributed by atoms with Crippen molar-refractivity contribution in [3.05, 3.63) is 47.8 Å². The average Bonchev–Trinajstić information content (AvgIpc) is 3.36. The maximum absolute atomic E-state index is 12.6. The summed E-state index contributed by atoms with van der Waals surface area (Å²) in [6.07, 6.45) is 3.45. The van der Waals surface area contributed by atoms with Crippen LogP contribution in [0, 0.1) is 11.8 Å². The monoisotopic (exact) mass is 383 g/mol. The van der Waals surface area contributed by atoms with Crippen molar-refractivity contribution in [2.45, 2.75) is 38.7 Å². The Hall–Kier alpha value is -2.83. The van der Waals surface area contributed by atoms with Gasteiger partial charge < -0.3 is 14.7 Å². The molecule has 1 N–H and O–H groups in total. The predicted octanol–water partition coefficient (Wildman–Crippen LogP) is 3.46. The summed E-state index contributed by atoms with van der Waals surface area (Å²) in [5.74, 6) is 1.07. The minimum absolute atomic E-state index is 0.120. The van der Waals surface area contributed by atoms with Crippen LogP contribution in [0.15, 0.2) is 36.5 Å². The van der Waals surface area contributed by atoms with Crippen molar-refractivity contribution in [2.24, 2.45) is 11.8 Å². The lowest BCUT2D eigenvalue weighted by atomic mass is 10.0. The van der Waals surface area contributed by atoms with Crippen LogP contribution in [-0.2, 0) is 0 Å². The summed E-state index contributed by atoms with van der Waals surface area (Å²) in [7, 11) is 0. The van der Waals surface area contributed by atoms with Gasteiger partial charge in [-0.1, -0.05) is 32.0 Å². The fourth-order valence-electron chi connectivity index (χ4n) is 4.43. The second kappa shape index (κ2) is 7.30. The number of carboxylic acids is 1. The molecule has 0 radical (unpaired) electrons. The van der Waals surface area contributed by atoms with E-state index in [9.17, 15) is 9.59 Å². The molecule has 2 atom stereocenters. The minimum atomic E-state index is -1.13. The SMILES string of the molecule is CC(C)c1ccccc1OC1CC2CN(C(=O)n3ccc(C(=O)O)n3)CC2C1. The highest BCUT2D eigenvalue weighted by Gasteiger charge is 2.43. The van der Waals surface area contributed by atoms with Crippen LogP contribution in [0.5, 0.6) is 5.75 Å². The maximum Gasteiger partial charge on any atom is 0.356 e. The molecule has 4 rings (SSSR count). The van der Waals surface area contributed by atoms with E-state index in [1.165, 1.54) is 17.8 Å². The van der Waals surface area contributed by atoms with Gasteiger partial charge >= 0.3 is 12.0 Å². The molecule has 2 unspecified atom stereocenters. The lowest BCUT2D eigenvalue weighted by Crippen LogP contribution is -2.34. The third-order valence-electron chi connectivity index (χ3n) is 5.82. The Balaban J connectivity index is 1.37. The normalized spacial score (nSPS) is 23.8. The summed E-state index contributed by atoms with van der Waals surface area (Å²) >= 11 is 0. The van der Waals surface area contributed by atoms with E-state index in [0.29, 0.717) is 30.8 Å². The number of carbonyl (C=O) groups excluding carboxylic acids is 1. The van der Waals surface area contributed by atoms with Crippen LogP contribution in [-0.4, -0.2) is 51.0 Å². The third kappa shape index (κ3) is 3.48. The smallest absolute Gasteiger partial charge is 0.356 e. The first kappa shape index (κ1) is 18.5. The van der Waals surface area contributed by atoms with Crippen molar-refractivity contribution in [3.63, 3.8) is 0 Å². The van der Waals surface area contributed by atoms with Crippen molar-refractivity contribution < 1.29 is 19.4 Å². The molecule has 1 amide bonds. The number of para-hydroxylation sites is 1. The lowest BCUT2D eigenvalue weighted by Gasteiger charge is -2.21. The van der Waals surface area contributed by atoms with Crippen LogP contribution in [0.25, 0.3) is 0 Å². The van der Waals surface area contributed by atoms with Crippen LogP contribution >= 0.6 is 0 Å². The molecule has 1 aliphatic heterocycles. The standard InChI is InChI=1S/C21H25N3O4/c1-13(2)17-5-3-4-6-19(17)28-16-9-14-11-23(12-15(14)10-16)21(27)24-8-7-18(22-24)20(25)26/h3-8,13-16H,9-12H2,1-2H3,(H,25,26). The van der Waals surface area contributed by atoms with E-state index < -0.39 is 5.97 Å². The number of amides is 1. The van der Waals surface area contributed by atoms with E-state index in [2.05, 4.69) is 25.0 Å². The number of fused-ring (bicyclic) bond motifs is 1. The second-order valence-corrected chi connectivity index (χ2v) is 8.06. The van der Waals surface area contributed by atoms with E-state index in [0.717, 1.165) is 23.3 Å². The van der Waals surface area contributed by atoms with Gasteiger partial charge in [0.05, 0.1) is 6.10 Å². The Labute approximate surface area is 163 Å². The van der Waals surface area contributed by atoms with Crippen LogP contribution in [0.3, 0.4) is 0 Å². The quantitative estimate of drug-likeness (QED) is 0.874. The number of carbonyl (C=O) groups is 2. The van der Waals surface area contributed by atoms with E-state index in [1.54, 1.807) is 4.90 Å². The van der Waals surface area contributed by atoms with Gasteiger partial charge in [-0.15, -0.1) is 0 Å². The lowest BCUT2D eigenvalue weighted by molar-refractivity contribution is 0.0690. The number of hydrogen-bond acceptors (Lipinski definition) is 4. The molecule has 7 heteroatoms. The molecule has 2 fully saturated rings. The van der Waals surface area contributed by atoms with Gasteiger partial charge in [-0.05, 0) is 48.3 Å². The van der Waals surface area contributed by atoms with Crippen LogP contribution in [0.2, 0.25) is 0 Å². The molecular formula is C21H25N3O4. The molecule has 7 nitrogen and oxygen atoms in total. The van der Waals surface area contributed by atoms with Crippen LogP contribution in [0.4, 0.5) is 4.79 Å². The largest absolute Gasteiger partial charge is 0.490 e. The first-order valence-corrected chi connectivity index (χ1v) is 9.76. The molecule has 1 saturated heterocycles. The summed E-state index contributed by atoms with van der Waals surface area (Å²) in [5.41, 5.74) is 1.11. The van der Waals surface area contributed by atoms with Gasteiger partial charge in [-0.25, -0.2) is 9.59 Å². The third-order valence-corrected chi connectivity index (χ3v) is 5.82. The van der Waals surface area contributed by atoms with Crippen molar-refractivity contribution in [1.82, 2.24) is 14.7 Å². The molecule has 1 aromatic heterocycles. The Kier molecular flexibility index (Phi) is 4.83. The summed E-state index contributed by atoms with van der Waals surface area (Å²) in [4.78, 5) is 25.3. The number of nitrogens with zero attached hydrogens (tertiary/aromatic N) is 3. The number of carboxylic acid groups (broad SMARTS) is 1. The number of aromatic nitrogens is 2. The summed E-state index contributed by atoms with van der Waals surface area (Å²) < 4.78 is 7.45. The number of ether oxygens (including phenoxy) is 1. The number of hydrogen-bond donors (Lipinski definition) is 1. The molecule has 2 aromatic rings. The molecule has 2 heterocycles. The molecule has 0 bridgehead atoms. The van der Waals surface area contributed by atoms with Gasteiger partial charge in [0.2, 0.25) is 0 Å². The summed E-state index contributed by atoms with van der Waals surface area (Å²) in [6, 6.07) is 9.28. The van der Waals surface area contributed by atoms with E-state index >= 15 is 0 Å².